The molecule has 1 aliphatic carbocycles. The second-order valence-corrected chi connectivity index (χ2v) is 5.18. The van der Waals surface area contributed by atoms with E-state index in [-0.39, 0.29) is 0 Å². The van der Waals surface area contributed by atoms with Gasteiger partial charge in [0.15, 0.2) is 0 Å². The third kappa shape index (κ3) is 4.06. The Morgan fingerprint density at radius 2 is 1.83 bits per heavy atom. The van der Waals surface area contributed by atoms with Gasteiger partial charge >= 0.3 is 0 Å². The molecule has 0 aromatic heterocycles. The van der Waals surface area contributed by atoms with E-state index in [1.54, 1.807) is 5.57 Å². The molecule has 1 fully saturated rings. The van der Waals surface area contributed by atoms with E-state index >= 15 is 0 Å². The van der Waals surface area contributed by atoms with Gasteiger partial charge < -0.3 is 4.74 Å². The molecule has 0 unspecified atom stereocenters. The summed E-state index contributed by atoms with van der Waals surface area (Å²) in [5.41, 5.74) is 3.93. The summed E-state index contributed by atoms with van der Waals surface area (Å²) in [5, 5.41) is 0. The number of benzene rings is 1. The summed E-state index contributed by atoms with van der Waals surface area (Å²) < 4.78 is 5.59. The van der Waals surface area contributed by atoms with E-state index in [0.717, 1.165) is 11.3 Å². The van der Waals surface area contributed by atoms with Crippen LogP contribution in [0.2, 0.25) is 0 Å². The van der Waals surface area contributed by atoms with Crippen LogP contribution in [0, 0.1) is 0 Å². The Kier molecular flexibility index (Phi) is 4.63. The summed E-state index contributed by atoms with van der Waals surface area (Å²) in [7, 11) is 0. The van der Waals surface area contributed by atoms with Crippen molar-refractivity contribution in [3.63, 3.8) is 0 Å². The number of rotatable bonds is 4. The molecule has 1 heteroatoms. The molecule has 1 aromatic rings. The number of allylic oxidation sites excluding steroid dienone is 1. The van der Waals surface area contributed by atoms with Crippen LogP contribution in [0.1, 0.15) is 44.6 Å². The summed E-state index contributed by atoms with van der Waals surface area (Å²) in [6.07, 6.45) is 8.98. The molecule has 1 saturated carbocycles. The molecule has 0 saturated heterocycles. The molecule has 0 radical (unpaired) electrons. The van der Waals surface area contributed by atoms with Crippen LogP contribution in [0.5, 0.6) is 5.75 Å². The highest BCUT2D eigenvalue weighted by Gasteiger charge is 2.04. The van der Waals surface area contributed by atoms with Crippen LogP contribution in [0.3, 0.4) is 0 Å². The Labute approximate surface area is 110 Å². The Hall–Kier alpha value is -1.50. The number of hydrogen-bond donors (Lipinski definition) is 0. The van der Waals surface area contributed by atoms with E-state index in [1.165, 1.54) is 37.7 Å². The van der Waals surface area contributed by atoms with E-state index in [4.69, 9.17) is 4.74 Å². The minimum atomic E-state index is 0.598. The van der Waals surface area contributed by atoms with Gasteiger partial charge in [0, 0.05) is 0 Å². The Bertz CT molecular complexity index is 417. The van der Waals surface area contributed by atoms with Crippen LogP contribution in [0.25, 0.3) is 6.08 Å². The molecule has 18 heavy (non-hydrogen) atoms. The van der Waals surface area contributed by atoms with Crippen molar-refractivity contribution in [3.05, 3.63) is 47.6 Å². The Morgan fingerprint density at radius 3 is 2.44 bits per heavy atom. The maximum atomic E-state index is 5.59. The van der Waals surface area contributed by atoms with Crippen molar-refractivity contribution in [1.82, 2.24) is 0 Å². The minimum absolute atomic E-state index is 0.598. The molecule has 1 nitrogen and oxygen atoms in total. The zero-order chi connectivity index (χ0) is 12.8. The zero-order valence-corrected chi connectivity index (χ0v) is 11.2. The molecule has 96 valence electrons. The predicted octanol–water partition coefficient (Wildman–Crippen LogP) is 4.99. The molecule has 0 spiro atoms. The van der Waals surface area contributed by atoms with Gasteiger partial charge in [0.2, 0.25) is 0 Å². The topological polar surface area (TPSA) is 9.23 Å². The lowest BCUT2D eigenvalue weighted by Crippen LogP contribution is -1.97. The van der Waals surface area contributed by atoms with Crippen molar-refractivity contribution in [2.24, 2.45) is 0 Å². The fraction of sp³-hybridized carbons (Fsp3) is 0.412. The lowest BCUT2D eigenvalue weighted by molar-refractivity contribution is 0.352. The van der Waals surface area contributed by atoms with Gasteiger partial charge in [0.05, 0.1) is 0 Å². The van der Waals surface area contributed by atoms with Crippen LogP contribution in [-0.2, 0) is 0 Å². The average molecular weight is 242 g/mol. The molecular formula is C17H22O. The number of ether oxygens (including phenoxy) is 1. The zero-order valence-electron chi connectivity index (χ0n) is 11.2. The van der Waals surface area contributed by atoms with Crippen molar-refractivity contribution >= 4 is 6.08 Å². The fourth-order valence-electron chi connectivity index (χ4n) is 2.25. The lowest BCUT2D eigenvalue weighted by atomic mass is 9.93. The van der Waals surface area contributed by atoms with Gasteiger partial charge in [-0.15, -0.1) is 0 Å². The molecule has 0 amide bonds. The van der Waals surface area contributed by atoms with Gasteiger partial charge in [0.1, 0.15) is 12.4 Å². The van der Waals surface area contributed by atoms with E-state index in [9.17, 15) is 0 Å². The third-order valence-corrected chi connectivity index (χ3v) is 3.23. The molecule has 0 N–H and O–H groups in total. The highest BCUT2D eigenvalue weighted by molar-refractivity contribution is 5.54. The normalized spacial score (nSPS) is 15.3. The molecule has 1 aliphatic rings. The van der Waals surface area contributed by atoms with E-state index in [0.29, 0.717) is 6.61 Å². The summed E-state index contributed by atoms with van der Waals surface area (Å²) in [4.78, 5) is 0. The summed E-state index contributed by atoms with van der Waals surface area (Å²) in [6, 6.07) is 8.35. The second-order valence-electron chi connectivity index (χ2n) is 5.18. The molecule has 0 bridgehead atoms. The van der Waals surface area contributed by atoms with Crippen molar-refractivity contribution in [2.75, 3.05) is 6.61 Å². The van der Waals surface area contributed by atoms with Gasteiger partial charge in [-0.25, -0.2) is 0 Å². The SMILES string of the molecule is C=C(C)COc1ccc(C=C2CCCCC2)cc1. The second kappa shape index (κ2) is 6.44. The summed E-state index contributed by atoms with van der Waals surface area (Å²) >= 11 is 0. The summed E-state index contributed by atoms with van der Waals surface area (Å²) in [6.45, 7) is 6.40. The van der Waals surface area contributed by atoms with Crippen LogP contribution in [-0.4, -0.2) is 6.61 Å². The minimum Gasteiger partial charge on any atom is -0.489 e. The quantitative estimate of drug-likeness (QED) is 0.676. The highest BCUT2D eigenvalue weighted by atomic mass is 16.5. The maximum Gasteiger partial charge on any atom is 0.119 e. The molecule has 0 atom stereocenters. The first-order chi connectivity index (χ1) is 8.74. The number of hydrogen-bond acceptors (Lipinski definition) is 1. The predicted molar refractivity (Wildman–Crippen MR) is 77.8 cm³/mol. The van der Waals surface area contributed by atoms with Crippen LogP contribution in [0.15, 0.2) is 42.0 Å². The standard InChI is InChI=1S/C17H22O/c1-14(2)13-18-17-10-8-16(9-11-17)12-15-6-4-3-5-7-15/h8-12H,1,3-7,13H2,2H3. The van der Waals surface area contributed by atoms with Gasteiger partial charge in [-0.3, -0.25) is 0 Å². The van der Waals surface area contributed by atoms with Gasteiger partial charge in [-0.1, -0.05) is 36.8 Å². The first-order valence-corrected chi connectivity index (χ1v) is 6.81. The fourth-order valence-corrected chi connectivity index (χ4v) is 2.25. The maximum absolute atomic E-state index is 5.59. The highest BCUT2D eigenvalue weighted by Crippen LogP contribution is 2.25. The van der Waals surface area contributed by atoms with Crippen molar-refractivity contribution < 1.29 is 4.74 Å². The Balaban J connectivity index is 1.96. The first kappa shape index (κ1) is 12.9. The Morgan fingerprint density at radius 1 is 1.17 bits per heavy atom. The van der Waals surface area contributed by atoms with Crippen molar-refractivity contribution in [1.29, 1.82) is 0 Å². The van der Waals surface area contributed by atoms with E-state index in [1.807, 2.05) is 19.1 Å². The monoisotopic (exact) mass is 242 g/mol. The van der Waals surface area contributed by atoms with Gasteiger partial charge in [-0.2, -0.15) is 0 Å². The van der Waals surface area contributed by atoms with Crippen LogP contribution in [0.4, 0.5) is 0 Å². The van der Waals surface area contributed by atoms with Gasteiger partial charge in [-0.05, 0) is 55.9 Å². The molecule has 2 rings (SSSR count). The molecule has 0 aliphatic heterocycles. The largest absolute Gasteiger partial charge is 0.489 e. The van der Waals surface area contributed by atoms with E-state index < -0.39 is 0 Å². The third-order valence-electron chi connectivity index (χ3n) is 3.23. The van der Waals surface area contributed by atoms with Gasteiger partial charge in [0.25, 0.3) is 0 Å². The molecule has 1 aromatic carbocycles. The smallest absolute Gasteiger partial charge is 0.119 e. The van der Waals surface area contributed by atoms with Crippen LogP contribution < -0.4 is 4.74 Å². The molecule has 0 heterocycles. The average Bonchev–Trinajstić information content (AvgIpc) is 2.39. The van der Waals surface area contributed by atoms with E-state index in [2.05, 4.69) is 24.8 Å². The van der Waals surface area contributed by atoms with Crippen molar-refractivity contribution in [3.8, 4) is 5.75 Å². The summed E-state index contributed by atoms with van der Waals surface area (Å²) in [5.74, 6) is 0.920. The lowest BCUT2D eigenvalue weighted by Gasteiger charge is -2.13. The first-order valence-electron chi connectivity index (χ1n) is 6.81. The van der Waals surface area contributed by atoms with Crippen molar-refractivity contribution in [2.45, 2.75) is 39.0 Å². The molecular weight excluding hydrogens is 220 g/mol. The van der Waals surface area contributed by atoms with Crippen LogP contribution >= 0.6 is 0 Å².